The van der Waals surface area contributed by atoms with Gasteiger partial charge in [-0.05, 0) is 63.1 Å². The Balaban J connectivity index is 1.42. The fourth-order valence-electron chi connectivity index (χ4n) is 4.93. The number of aromatic nitrogens is 4. The third-order valence-electron chi connectivity index (χ3n) is 7.13. The van der Waals surface area contributed by atoms with E-state index in [2.05, 4.69) is 43.4 Å². The lowest BCUT2D eigenvalue weighted by Gasteiger charge is -2.38. The number of hydrogen-bond donors (Lipinski definition) is 1. The lowest BCUT2D eigenvalue weighted by Crippen LogP contribution is -2.48. The molecule has 1 aliphatic heterocycles. The highest BCUT2D eigenvalue weighted by molar-refractivity contribution is 7.92. The number of aryl methyl sites for hydroxylation is 3. The molecule has 0 saturated carbocycles. The summed E-state index contributed by atoms with van der Waals surface area (Å²) in [7, 11) is -2.30. The molecule has 4 aromatic rings. The molecule has 0 unspecified atom stereocenters. The van der Waals surface area contributed by atoms with Gasteiger partial charge < -0.3 is 9.64 Å². The predicted octanol–water partition coefficient (Wildman–Crippen LogP) is 4.62. The van der Waals surface area contributed by atoms with Crippen molar-refractivity contribution < 1.29 is 13.2 Å². The van der Waals surface area contributed by atoms with Crippen molar-refractivity contribution in [1.82, 2.24) is 24.6 Å². The van der Waals surface area contributed by atoms with Crippen LogP contribution in [0.2, 0.25) is 0 Å². The fourth-order valence-corrected chi connectivity index (χ4v) is 5.86. The van der Waals surface area contributed by atoms with E-state index in [9.17, 15) is 8.42 Å². The summed E-state index contributed by atoms with van der Waals surface area (Å²) in [5.41, 5.74) is 4.61. The number of nitrogens with one attached hydrogen (secondary N) is 1. The molecule has 40 heavy (non-hydrogen) atoms. The van der Waals surface area contributed by atoms with E-state index in [1.54, 1.807) is 13.1 Å². The summed E-state index contributed by atoms with van der Waals surface area (Å²) < 4.78 is 36.1. The third kappa shape index (κ3) is 6.10. The van der Waals surface area contributed by atoms with Crippen LogP contribution in [-0.2, 0) is 17.1 Å². The second-order valence-corrected chi connectivity index (χ2v) is 12.0. The lowest BCUT2D eigenvalue weighted by atomic mass is 10.00. The Bertz CT molecular complexity index is 1570. The van der Waals surface area contributed by atoms with E-state index in [-0.39, 0.29) is 16.7 Å². The van der Waals surface area contributed by atoms with Gasteiger partial charge in [-0.1, -0.05) is 18.2 Å². The quantitative estimate of drug-likeness (QED) is 0.332. The number of anilines is 2. The largest absolute Gasteiger partial charge is 0.439 e. The topological polar surface area (TPSA) is 105 Å². The first-order valence-corrected chi connectivity index (χ1v) is 14.8. The van der Waals surface area contributed by atoms with Gasteiger partial charge in [-0.2, -0.15) is 10.1 Å². The Morgan fingerprint density at radius 2 is 1.62 bits per heavy atom. The standard InChI is InChI=1S/C29H35N7O3S/c1-20(2)35-13-15-36(16-14-35)23-9-11-24(12-10-23)39-27-17-26(28-21(3)7-6-8-22(28)4)31-29(32-27)33-40(37,38)25-18-30-34(5)19-25/h6-12,17-20H,13-16H2,1-5H3,(H,31,32,33). The van der Waals surface area contributed by atoms with Crippen molar-refractivity contribution in [2.75, 3.05) is 35.8 Å². The maximum atomic E-state index is 13.0. The van der Waals surface area contributed by atoms with Crippen molar-refractivity contribution >= 4 is 21.7 Å². The molecule has 1 aliphatic rings. The first-order chi connectivity index (χ1) is 19.1. The molecule has 0 spiro atoms. The average molecular weight is 562 g/mol. The summed E-state index contributed by atoms with van der Waals surface area (Å²) in [6, 6.07) is 16.1. The van der Waals surface area contributed by atoms with Crippen LogP contribution in [0.4, 0.5) is 11.6 Å². The van der Waals surface area contributed by atoms with Crippen molar-refractivity contribution in [3.8, 4) is 22.9 Å². The molecule has 0 radical (unpaired) electrons. The van der Waals surface area contributed by atoms with E-state index in [0.29, 0.717) is 17.5 Å². The van der Waals surface area contributed by atoms with Gasteiger partial charge in [0, 0.05) is 62.8 Å². The van der Waals surface area contributed by atoms with Gasteiger partial charge >= 0.3 is 0 Å². The molecule has 5 rings (SSSR count). The predicted molar refractivity (Wildman–Crippen MR) is 156 cm³/mol. The molecule has 1 saturated heterocycles. The molecule has 11 heteroatoms. The van der Waals surface area contributed by atoms with Crippen LogP contribution in [0.1, 0.15) is 25.0 Å². The van der Waals surface area contributed by atoms with Gasteiger partial charge in [-0.3, -0.25) is 9.58 Å². The summed E-state index contributed by atoms with van der Waals surface area (Å²) in [4.78, 5) is 13.8. The maximum Gasteiger partial charge on any atom is 0.267 e. The molecule has 2 aromatic carbocycles. The normalized spacial score (nSPS) is 14.5. The van der Waals surface area contributed by atoms with Crippen molar-refractivity contribution in [2.24, 2.45) is 7.05 Å². The van der Waals surface area contributed by atoms with Gasteiger partial charge in [-0.15, -0.1) is 0 Å². The number of nitrogens with zero attached hydrogens (tertiary/aromatic N) is 6. The Morgan fingerprint density at radius 1 is 0.950 bits per heavy atom. The molecule has 2 aromatic heterocycles. The highest BCUT2D eigenvalue weighted by Crippen LogP contribution is 2.31. The molecule has 1 N–H and O–H groups in total. The van der Waals surface area contributed by atoms with Crippen LogP contribution in [0, 0.1) is 13.8 Å². The zero-order valence-corrected chi connectivity index (χ0v) is 24.3. The number of sulfonamides is 1. The SMILES string of the molecule is Cc1cccc(C)c1-c1cc(Oc2ccc(N3CCN(C(C)C)CC3)cc2)nc(NS(=O)(=O)c2cnn(C)c2)n1. The van der Waals surface area contributed by atoms with Gasteiger partial charge in [0.2, 0.25) is 11.8 Å². The second kappa shape index (κ2) is 11.3. The van der Waals surface area contributed by atoms with E-state index in [4.69, 9.17) is 4.74 Å². The zero-order valence-electron chi connectivity index (χ0n) is 23.5. The van der Waals surface area contributed by atoms with Crippen molar-refractivity contribution in [3.63, 3.8) is 0 Å². The van der Waals surface area contributed by atoms with Crippen LogP contribution in [0.5, 0.6) is 11.6 Å². The Labute approximate surface area is 235 Å². The maximum absolute atomic E-state index is 13.0. The molecular weight excluding hydrogens is 526 g/mol. The van der Waals surface area contributed by atoms with Gasteiger partial charge in [0.15, 0.2) is 0 Å². The van der Waals surface area contributed by atoms with E-state index < -0.39 is 10.0 Å². The van der Waals surface area contributed by atoms with Gasteiger partial charge in [-0.25, -0.2) is 18.1 Å². The molecule has 1 fully saturated rings. The summed E-state index contributed by atoms with van der Waals surface area (Å²) >= 11 is 0. The summed E-state index contributed by atoms with van der Waals surface area (Å²) in [5, 5.41) is 3.96. The lowest BCUT2D eigenvalue weighted by molar-refractivity contribution is 0.209. The minimum atomic E-state index is -3.95. The molecule has 0 bridgehead atoms. The highest BCUT2D eigenvalue weighted by Gasteiger charge is 2.21. The monoisotopic (exact) mass is 561 g/mol. The summed E-state index contributed by atoms with van der Waals surface area (Å²) in [5.74, 6) is 0.741. The van der Waals surface area contributed by atoms with Crippen LogP contribution in [0.25, 0.3) is 11.3 Å². The summed E-state index contributed by atoms with van der Waals surface area (Å²) in [6.07, 6.45) is 2.69. The molecule has 210 valence electrons. The number of benzene rings is 2. The Morgan fingerprint density at radius 3 is 2.23 bits per heavy atom. The van der Waals surface area contributed by atoms with Gasteiger partial charge in [0.1, 0.15) is 10.6 Å². The first kappa shape index (κ1) is 27.6. The highest BCUT2D eigenvalue weighted by atomic mass is 32.2. The first-order valence-electron chi connectivity index (χ1n) is 13.3. The molecule has 0 amide bonds. The Kier molecular flexibility index (Phi) is 7.77. The second-order valence-electron chi connectivity index (χ2n) is 10.3. The van der Waals surface area contributed by atoms with Gasteiger partial charge in [0.05, 0.1) is 11.9 Å². The average Bonchev–Trinajstić information content (AvgIpc) is 3.36. The smallest absolute Gasteiger partial charge is 0.267 e. The number of ether oxygens (including phenoxy) is 1. The Hall–Kier alpha value is -3.96. The molecule has 0 atom stereocenters. The van der Waals surface area contributed by atoms with Crippen molar-refractivity contribution in [2.45, 2.75) is 38.6 Å². The van der Waals surface area contributed by atoms with Crippen molar-refractivity contribution in [1.29, 1.82) is 0 Å². The van der Waals surface area contributed by atoms with Crippen molar-refractivity contribution in [3.05, 3.63) is 72.1 Å². The van der Waals surface area contributed by atoms with Crippen LogP contribution in [-0.4, -0.2) is 65.3 Å². The molecule has 10 nitrogen and oxygen atoms in total. The molecule has 0 aliphatic carbocycles. The van der Waals surface area contributed by atoms with E-state index in [1.807, 2.05) is 56.3 Å². The van der Waals surface area contributed by atoms with E-state index in [1.165, 1.54) is 17.1 Å². The van der Waals surface area contributed by atoms with E-state index in [0.717, 1.165) is 48.6 Å². The van der Waals surface area contributed by atoms with Crippen LogP contribution >= 0.6 is 0 Å². The number of hydrogen-bond acceptors (Lipinski definition) is 8. The fraction of sp³-hybridized carbons (Fsp3) is 0.345. The van der Waals surface area contributed by atoms with Crippen LogP contribution in [0.15, 0.2) is 65.8 Å². The van der Waals surface area contributed by atoms with E-state index >= 15 is 0 Å². The number of piperazine rings is 1. The minimum Gasteiger partial charge on any atom is -0.439 e. The molecule has 3 heterocycles. The van der Waals surface area contributed by atoms with Gasteiger partial charge in [0.25, 0.3) is 10.0 Å². The number of rotatable bonds is 8. The van der Waals surface area contributed by atoms with Crippen LogP contribution < -0.4 is 14.4 Å². The third-order valence-corrected chi connectivity index (χ3v) is 8.41. The van der Waals surface area contributed by atoms with Crippen LogP contribution in [0.3, 0.4) is 0 Å². The zero-order chi connectivity index (χ0) is 28.4. The minimum absolute atomic E-state index is 0.0170. The summed E-state index contributed by atoms with van der Waals surface area (Å²) in [6.45, 7) is 12.5. The molecular formula is C29H35N7O3S.